The normalized spacial score (nSPS) is 10.3. The molecule has 2 aromatic rings. The van der Waals surface area contributed by atoms with E-state index in [2.05, 4.69) is 15.9 Å². The van der Waals surface area contributed by atoms with Crippen molar-refractivity contribution in [2.24, 2.45) is 0 Å². The monoisotopic (exact) mass is 397 g/mol. The van der Waals surface area contributed by atoms with E-state index in [1.165, 1.54) is 26.4 Å². The van der Waals surface area contributed by atoms with Crippen LogP contribution in [0.3, 0.4) is 0 Å². The van der Waals surface area contributed by atoms with E-state index in [4.69, 9.17) is 14.2 Å². The van der Waals surface area contributed by atoms with Gasteiger partial charge in [-0.3, -0.25) is 10.1 Å². The SMILES string of the molecule is COc1cc(CO)c(Br)c(OCc2ccc([N+](=O)[O-])cc2)c1OC. The number of nitro benzene ring substituents is 1. The van der Waals surface area contributed by atoms with Crippen LogP contribution >= 0.6 is 15.9 Å². The lowest BCUT2D eigenvalue weighted by atomic mass is 10.2. The molecule has 0 atom stereocenters. The van der Waals surface area contributed by atoms with Crippen LogP contribution in [0.4, 0.5) is 5.69 Å². The smallest absolute Gasteiger partial charge is 0.269 e. The fourth-order valence-electron chi connectivity index (χ4n) is 2.10. The third-order valence-electron chi connectivity index (χ3n) is 3.34. The summed E-state index contributed by atoms with van der Waals surface area (Å²) in [6.07, 6.45) is 0. The third kappa shape index (κ3) is 3.77. The lowest BCUT2D eigenvalue weighted by Crippen LogP contribution is -2.02. The van der Waals surface area contributed by atoms with Crippen LogP contribution in [0, 0.1) is 10.1 Å². The Morgan fingerprint density at radius 2 is 1.83 bits per heavy atom. The minimum absolute atomic E-state index is 0.0152. The van der Waals surface area contributed by atoms with E-state index in [-0.39, 0.29) is 18.9 Å². The maximum absolute atomic E-state index is 10.7. The molecule has 0 unspecified atom stereocenters. The predicted octanol–water partition coefficient (Wildman–Crippen LogP) is 3.45. The highest BCUT2D eigenvalue weighted by molar-refractivity contribution is 9.10. The third-order valence-corrected chi connectivity index (χ3v) is 4.21. The lowest BCUT2D eigenvalue weighted by Gasteiger charge is -2.17. The summed E-state index contributed by atoms with van der Waals surface area (Å²) in [5, 5.41) is 20.1. The number of methoxy groups -OCH3 is 2. The molecule has 0 saturated carbocycles. The van der Waals surface area contributed by atoms with E-state index in [9.17, 15) is 15.2 Å². The molecule has 0 bridgehead atoms. The minimum Gasteiger partial charge on any atom is -0.493 e. The van der Waals surface area contributed by atoms with Gasteiger partial charge in [0.2, 0.25) is 5.75 Å². The Labute approximate surface area is 147 Å². The Kier molecular flexibility index (Phi) is 5.99. The summed E-state index contributed by atoms with van der Waals surface area (Å²) in [7, 11) is 2.98. The summed E-state index contributed by atoms with van der Waals surface area (Å²) >= 11 is 3.39. The molecule has 1 N–H and O–H groups in total. The van der Waals surface area contributed by atoms with Gasteiger partial charge in [0.15, 0.2) is 11.5 Å². The van der Waals surface area contributed by atoms with Gasteiger partial charge in [-0.15, -0.1) is 0 Å². The van der Waals surface area contributed by atoms with Crippen LogP contribution in [0.15, 0.2) is 34.8 Å². The molecule has 8 heteroatoms. The molecular weight excluding hydrogens is 382 g/mol. The topological polar surface area (TPSA) is 91.1 Å². The van der Waals surface area contributed by atoms with Crippen LogP contribution in [-0.2, 0) is 13.2 Å². The Morgan fingerprint density at radius 1 is 1.17 bits per heavy atom. The van der Waals surface area contributed by atoms with E-state index in [0.29, 0.717) is 27.3 Å². The molecule has 2 aromatic carbocycles. The Morgan fingerprint density at radius 3 is 2.33 bits per heavy atom. The number of halogens is 1. The average Bonchev–Trinajstić information content (AvgIpc) is 2.60. The lowest BCUT2D eigenvalue weighted by molar-refractivity contribution is -0.384. The highest BCUT2D eigenvalue weighted by Gasteiger charge is 2.19. The quantitative estimate of drug-likeness (QED) is 0.568. The molecular formula is C16H16BrNO6. The second-order valence-corrected chi connectivity index (χ2v) is 5.58. The first-order chi connectivity index (χ1) is 11.5. The van der Waals surface area contributed by atoms with Gasteiger partial charge in [-0.05, 0) is 45.3 Å². The summed E-state index contributed by atoms with van der Waals surface area (Å²) in [5.41, 5.74) is 1.36. The van der Waals surface area contributed by atoms with Gasteiger partial charge in [0, 0.05) is 12.1 Å². The van der Waals surface area contributed by atoms with Gasteiger partial charge in [0.25, 0.3) is 5.69 Å². The van der Waals surface area contributed by atoms with Crippen LogP contribution in [0.2, 0.25) is 0 Å². The second-order valence-electron chi connectivity index (χ2n) is 4.78. The molecule has 128 valence electrons. The molecule has 0 aliphatic carbocycles. The van der Waals surface area contributed by atoms with Crippen LogP contribution in [-0.4, -0.2) is 24.2 Å². The standard InChI is InChI=1S/C16H16BrNO6/c1-22-13-7-11(8-19)14(17)16(15(13)23-2)24-9-10-3-5-12(6-4-10)18(20)21/h3-7,19H,8-9H2,1-2H3. The molecule has 0 aliphatic heterocycles. The van der Waals surface area contributed by atoms with Gasteiger partial charge in [0.05, 0.1) is 30.2 Å². The predicted molar refractivity (Wildman–Crippen MR) is 90.6 cm³/mol. The molecule has 0 heterocycles. The number of hydrogen-bond donors (Lipinski definition) is 1. The minimum atomic E-state index is -0.458. The van der Waals surface area contributed by atoms with Gasteiger partial charge in [-0.1, -0.05) is 0 Å². The van der Waals surface area contributed by atoms with Gasteiger partial charge >= 0.3 is 0 Å². The van der Waals surface area contributed by atoms with E-state index in [0.717, 1.165) is 5.56 Å². The van der Waals surface area contributed by atoms with Crippen molar-refractivity contribution >= 4 is 21.6 Å². The van der Waals surface area contributed by atoms with Crippen molar-refractivity contribution in [2.75, 3.05) is 14.2 Å². The number of aliphatic hydroxyl groups is 1. The number of hydrogen-bond acceptors (Lipinski definition) is 6. The van der Waals surface area contributed by atoms with Crippen molar-refractivity contribution in [3.05, 3.63) is 56.0 Å². The number of aliphatic hydroxyl groups excluding tert-OH is 1. The Hall–Kier alpha value is -2.32. The van der Waals surface area contributed by atoms with Crippen molar-refractivity contribution in [3.8, 4) is 17.2 Å². The molecule has 0 amide bonds. The highest BCUT2D eigenvalue weighted by atomic mass is 79.9. The molecule has 0 spiro atoms. The number of non-ortho nitro benzene ring substituents is 1. The van der Waals surface area contributed by atoms with E-state index >= 15 is 0 Å². The number of benzene rings is 2. The summed E-state index contributed by atoms with van der Waals surface area (Å²) < 4.78 is 16.9. The first-order valence-electron chi connectivity index (χ1n) is 6.92. The van der Waals surface area contributed by atoms with Crippen molar-refractivity contribution in [1.29, 1.82) is 0 Å². The second kappa shape index (κ2) is 7.98. The van der Waals surface area contributed by atoms with Gasteiger partial charge < -0.3 is 19.3 Å². The summed E-state index contributed by atoms with van der Waals surface area (Å²) in [6, 6.07) is 7.71. The van der Waals surface area contributed by atoms with Crippen LogP contribution in [0.1, 0.15) is 11.1 Å². The molecule has 0 aromatic heterocycles. The number of rotatable bonds is 7. The maximum Gasteiger partial charge on any atom is 0.269 e. The molecule has 24 heavy (non-hydrogen) atoms. The first-order valence-corrected chi connectivity index (χ1v) is 7.71. The highest BCUT2D eigenvalue weighted by Crippen LogP contribution is 2.45. The largest absolute Gasteiger partial charge is 0.493 e. The fourth-order valence-corrected chi connectivity index (χ4v) is 2.64. The molecule has 0 fully saturated rings. The van der Waals surface area contributed by atoms with Crippen LogP contribution in [0.5, 0.6) is 17.2 Å². The number of ether oxygens (including phenoxy) is 3. The van der Waals surface area contributed by atoms with Gasteiger partial charge in [-0.2, -0.15) is 0 Å². The summed E-state index contributed by atoms with van der Waals surface area (Å²) in [4.78, 5) is 10.2. The zero-order chi connectivity index (χ0) is 17.7. The van der Waals surface area contributed by atoms with E-state index in [1.54, 1.807) is 18.2 Å². The molecule has 0 aliphatic rings. The Bertz CT molecular complexity index is 732. The molecule has 2 rings (SSSR count). The van der Waals surface area contributed by atoms with Gasteiger partial charge in [-0.25, -0.2) is 0 Å². The fraction of sp³-hybridized carbons (Fsp3) is 0.250. The summed E-state index contributed by atoms with van der Waals surface area (Å²) in [6.45, 7) is -0.0280. The zero-order valence-electron chi connectivity index (χ0n) is 13.1. The van der Waals surface area contributed by atoms with Crippen LogP contribution in [0.25, 0.3) is 0 Å². The van der Waals surface area contributed by atoms with Crippen molar-refractivity contribution in [1.82, 2.24) is 0 Å². The molecule has 7 nitrogen and oxygen atoms in total. The van der Waals surface area contributed by atoms with Crippen molar-refractivity contribution in [3.63, 3.8) is 0 Å². The molecule has 0 saturated heterocycles. The van der Waals surface area contributed by atoms with Gasteiger partial charge in [0.1, 0.15) is 6.61 Å². The van der Waals surface area contributed by atoms with Crippen molar-refractivity contribution in [2.45, 2.75) is 13.2 Å². The van der Waals surface area contributed by atoms with Crippen LogP contribution < -0.4 is 14.2 Å². The van der Waals surface area contributed by atoms with E-state index < -0.39 is 4.92 Å². The van der Waals surface area contributed by atoms with E-state index in [1.807, 2.05) is 0 Å². The molecule has 0 radical (unpaired) electrons. The summed E-state index contributed by atoms with van der Waals surface area (Å²) in [5.74, 6) is 1.21. The average molecular weight is 398 g/mol. The van der Waals surface area contributed by atoms with Crippen molar-refractivity contribution < 1.29 is 24.2 Å². The first kappa shape index (κ1) is 18.0. The maximum atomic E-state index is 10.7. The Balaban J connectivity index is 2.29. The number of nitrogens with zero attached hydrogens (tertiary/aromatic N) is 1. The number of nitro groups is 1. The zero-order valence-corrected chi connectivity index (χ0v) is 14.7.